The molecule has 138 valence electrons. The lowest BCUT2D eigenvalue weighted by Crippen LogP contribution is -2.49. The van der Waals surface area contributed by atoms with Gasteiger partial charge >= 0.3 is 0 Å². The van der Waals surface area contributed by atoms with Crippen molar-refractivity contribution in [2.24, 2.45) is 0 Å². The Kier molecular flexibility index (Phi) is 4.91. The number of amides is 1. The number of anilines is 1. The van der Waals surface area contributed by atoms with Crippen LogP contribution in [0.15, 0.2) is 54.6 Å². The second-order valence-electron chi connectivity index (χ2n) is 8.18. The summed E-state index contributed by atoms with van der Waals surface area (Å²) in [4.78, 5) is 13.7. The van der Waals surface area contributed by atoms with Gasteiger partial charge in [-0.15, -0.1) is 0 Å². The molecule has 26 heavy (non-hydrogen) atoms. The van der Waals surface area contributed by atoms with Gasteiger partial charge < -0.3 is 5.32 Å². The van der Waals surface area contributed by atoms with Gasteiger partial charge in [0.2, 0.25) is 0 Å². The van der Waals surface area contributed by atoms with Crippen molar-refractivity contribution in [1.29, 1.82) is 0 Å². The first-order chi connectivity index (χ1) is 12.3. The predicted octanol–water partition coefficient (Wildman–Crippen LogP) is 3.57. The highest BCUT2D eigenvalue weighted by Crippen LogP contribution is 2.48. The summed E-state index contributed by atoms with van der Waals surface area (Å²) in [6.45, 7) is 7.22. The minimum Gasteiger partial charge on any atom is -0.312 e. The normalized spacial score (nSPS) is 19.9. The van der Waals surface area contributed by atoms with Gasteiger partial charge in [-0.05, 0) is 50.9 Å². The van der Waals surface area contributed by atoms with Crippen LogP contribution in [0.2, 0.25) is 0 Å². The second kappa shape index (κ2) is 6.86. The molecule has 0 aliphatic carbocycles. The van der Waals surface area contributed by atoms with E-state index in [0.29, 0.717) is 6.42 Å². The van der Waals surface area contributed by atoms with Crippen molar-refractivity contribution in [3.63, 3.8) is 0 Å². The molecule has 0 saturated carbocycles. The van der Waals surface area contributed by atoms with Crippen LogP contribution in [0, 0.1) is 0 Å². The molecular weight excluding hydrogens is 322 g/mol. The Hall–Kier alpha value is -2.17. The van der Waals surface area contributed by atoms with Gasteiger partial charge in [0.05, 0.1) is 5.69 Å². The van der Waals surface area contributed by atoms with Crippen molar-refractivity contribution in [1.82, 2.24) is 10.3 Å². The molecule has 0 spiro atoms. The minimum absolute atomic E-state index is 0.0142. The monoisotopic (exact) mass is 351 g/mol. The molecule has 2 aromatic carbocycles. The van der Waals surface area contributed by atoms with E-state index < -0.39 is 5.41 Å². The van der Waals surface area contributed by atoms with Gasteiger partial charge in [0.15, 0.2) is 0 Å². The summed E-state index contributed by atoms with van der Waals surface area (Å²) in [5.41, 5.74) is 2.46. The average molecular weight is 351 g/mol. The zero-order valence-electron chi connectivity index (χ0n) is 16.4. The molecule has 0 fully saturated rings. The maximum atomic E-state index is 13.7. The molecule has 4 nitrogen and oxygen atoms in total. The largest absolute Gasteiger partial charge is 0.312 e. The number of benzene rings is 2. The van der Waals surface area contributed by atoms with Gasteiger partial charge in [-0.25, -0.2) is 10.0 Å². The molecule has 0 bridgehead atoms. The first-order valence-electron chi connectivity index (χ1n) is 9.19. The molecule has 0 saturated heterocycles. The molecule has 1 N–H and O–H groups in total. The van der Waals surface area contributed by atoms with Crippen molar-refractivity contribution in [2.75, 3.05) is 25.6 Å². The van der Waals surface area contributed by atoms with Crippen molar-refractivity contribution >= 4 is 11.6 Å². The Morgan fingerprint density at radius 1 is 1.00 bits per heavy atom. The lowest BCUT2D eigenvalue weighted by molar-refractivity contribution is -0.124. The summed E-state index contributed by atoms with van der Waals surface area (Å²) in [7, 11) is 3.84. The number of hydrazine groups is 1. The summed E-state index contributed by atoms with van der Waals surface area (Å²) in [5, 5.41) is 7.24. The molecule has 1 amide bonds. The van der Waals surface area contributed by atoms with Crippen molar-refractivity contribution < 1.29 is 4.79 Å². The molecule has 1 heterocycles. The topological polar surface area (TPSA) is 35.6 Å². The Balaban J connectivity index is 2.13. The lowest BCUT2D eigenvalue weighted by Gasteiger charge is -2.32. The Bertz CT molecular complexity index is 779. The first kappa shape index (κ1) is 18.6. The quantitative estimate of drug-likeness (QED) is 0.894. The van der Waals surface area contributed by atoms with Crippen molar-refractivity contribution in [3.8, 4) is 0 Å². The van der Waals surface area contributed by atoms with E-state index in [1.165, 1.54) is 0 Å². The number of carbonyl (C=O) groups excluding carboxylic acids is 1. The Morgan fingerprint density at radius 2 is 1.62 bits per heavy atom. The van der Waals surface area contributed by atoms with Crippen LogP contribution in [0.4, 0.5) is 5.69 Å². The van der Waals surface area contributed by atoms with Gasteiger partial charge in [0, 0.05) is 19.6 Å². The van der Waals surface area contributed by atoms with Crippen LogP contribution in [0.1, 0.15) is 38.3 Å². The number of fused-ring (bicyclic) bond motifs is 1. The van der Waals surface area contributed by atoms with E-state index in [1.54, 1.807) is 5.01 Å². The highest BCUT2D eigenvalue weighted by molar-refractivity contribution is 6.09. The lowest BCUT2D eigenvalue weighted by atomic mass is 9.72. The van der Waals surface area contributed by atoms with E-state index in [2.05, 4.69) is 44.3 Å². The van der Waals surface area contributed by atoms with E-state index in [0.717, 1.165) is 23.4 Å². The number of hydrogen-bond donors (Lipinski definition) is 1. The maximum Gasteiger partial charge on any atom is 0.256 e. The fourth-order valence-electron chi connectivity index (χ4n) is 3.83. The SMILES string of the molecule is CN(C)N1C(=O)C(CCNC(C)(C)C)(c2ccccc2)c2ccccc21. The van der Waals surface area contributed by atoms with Crippen molar-refractivity contribution in [3.05, 3.63) is 65.7 Å². The smallest absolute Gasteiger partial charge is 0.256 e. The minimum atomic E-state index is -0.666. The van der Waals surface area contributed by atoms with Crippen LogP contribution >= 0.6 is 0 Å². The van der Waals surface area contributed by atoms with E-state index in [4.69, 9.17) is 0 Å². The molecule has 0 aromatic heterocycles. The Morgan fingerprint density at radius 3 is 2.23 bits per heavy atom. The van der Waals surface area contributed by atoms with Gasteiger partial charge in [0.1, 0.15) is 5.41 Å². The summed E-state index contributed by atoms with van der Waals surface area (Å²) in [6, 6.07) is 18.3. The third-order valence-electron chi connectivity index (χ3n) is 4.97. The molecule has 1 unspecified atom stereocenters. The molecule has 2 aromatic rings. The van der Waals surface area contributed by atoms with Crippen LogP contribution in [0.5, 0.6) is 0 Å². The standard InChI is InChI=1S/C22H29N3O/c1-21(2,3)23-16-15-22(17-11-7-6-8-12-17)18-13-9-10-14-19(18)25(20(22)26)24(4)5/h6-14,23H,15-16H2,1-5H3. The number of nitrogens with one attached hydrogen (secondary N) is 1. The van der Waals surface area contributed by atoms with E-state index >= 15 is 0 Å². The third kappa shape index (κ3) is 3.15. The molecule has 0 radical (unpaired) electrons. The zero-order chi connectivity index (χ0) is 18.9. The van der Waals surface area contributed by atoms with Crippen LogP contribution in [-0.2, 0) is 10.2 Å². The summed E-state index contributed by atoms with van der Waals surface area (Å²) in [5.74, 6) is 0.116. The van der Waals surface area contributed by atoms with E-state index in [9.17, 15) is 4.79 Å². The average Bonchev–Trinajstić information content (AvgIpc) is 2.84. The fraction of sp³-hybridized carbons (Fsp3) is 0.409. The molecule has 1 aliphatic heterocycles. The van der Waals surface area contributed by atoms with E-state index in [1.807, 2.05) is 55.5 Å². The van der Waals surface area contributed by atoms with Crippen LogP contribution in [-0.4, -0.2) is 37.1 Å². The van der Waals surface area contributed by atoms with Gasteiger partial charge in [-0.1, -0.05) is 48.5 Å². The molecule has 1 aliphatic rings. The first-order valence-corrected chi connectivity index (χ1v) is 9.19. The van der Waals surface area contributed by atoms with Crippen LogP contribution in [0.25, 0.3) is 0 Å². The summed E-state index contributed by atoms with van der Waals surface area (Å²) >= 11 is 0. The highest BCUT2D eigenvalue weighted by atomic mass is 16.2. The van der Waals surface area contributed by atoms with Gasteiger partial charge in [0.25, 0.3) is 5.91 Å². The van der Waals surface area contributed by atoms with Crippen LogP contribution < -0.4 is 10.3 Å². The molecular formula is C22H29N3O. The number of nitrogens with zero attached hydrogens (tertiary/aromatic N) is 2. The summed E-state index contributed by atoms with van der Waals surface area (Å²) < 4.78 is 0. The Labute approximate surface area is 156 Å². The zero-order valence-corrected chi connectivity index (χ0v) is 16.4. The number of para-hydroxylation sites is 1. The number of rotatable bonds is 5. The molecule has 1 atom stereocenters. The predicted molar refractivity (Wildman–Crippen MR) is 107 cm³/mol. The van der Waals surface area contributed by atoms with Crippen LogP contribution in [0.3, 0.4) is 0 Å². The number of carbonyl (C=O) groups is 1. The third-order valence-corrected chi connectivity index (χ3v) is 4.97. The fourth-order valence-corrected chi connectivity index (χ4v) is 3.83. The second-order valence-corrected chi connectivity index (χ2v) is 8.18. The summed E-state index contributed by atoms with van der Waals surface area (Å²) in [6.07, 6.45) is 0.717. The maximum absolute atomic E-state index is 13.7. The molecule has 3 rings (SSSR count). The van der Waals surface area contributed by atoms with Crippen molar-refractivity contribution in [2.45, 2.75) is 38.1 Å². The van der Waals surface area contributed by atoms with Gasteiger partial charge in [-0.3, -0.25) is 4.79 Å². The molecule has 4 heteroatoms. The van der Waals surface area contributed by atoms with Gasteiger partial charge in [-0.2, -0.15) is 0 Å². The highest BCUT2D eigenvalue weighted by Gasteiger charge is 2.52. The number of hydrogen-bond acceptors (Lipinski definition) is 3. The van der Waals surface area contributed by atoms with E-state index in [-0.39, 0.29) is 11.4 Å².